The molecule has 4 aromatic rings. The molecule has 0 saturated heterocycles. The quantitative estimate of drug-likeness (QED) is 0.149. The van der Waals surface area contributed by atoms with E-state index in [1.165, 1.54) is 36.5 Å². The number of urea groups is 1. The lowest BCUT2D eigenvalue weighted by molar-refractivity contribution is -0.137. The van der Waals surface area contributed by atoms with Crippen LogP contribution in [0.15, 0.2) is 91.1 Å². The number of nitrogens with zero attached hydrogens (tertiary/aromatic N) is 1. The SMILES string of the molecule is Cc1ccccc1NC(=O)Nc1ccc(CC(=O)Nc2ccc(C(CC(=O)O)NC(=O)c3ccc(C(N)=O)cc3)nc2)cc1. The van der Waals surface area contributed by atoms with Crippen molar-refractivity contribution in [3.05, 3.63) is 119 Å². The Bertz CT molecular complexity index is 1670. The molecule has 7 N–H and O–H groups in total. The minimum atomic E-state index is -1.15. The molecule has 12 nitrogen and oxygen atoms in total. The number of amides is 5. The van der Waals surface area contributed by atoms with Gasteiger partial charge in [0.15, 0.2) is 0 Å². The third kappa shape index (κ3) is 8.73. The van der Waals surface area contributed by atoms with Crippen LogP contribution in [-0.4, -0.2) is 39.8 Å². The van der Waals surface area contributed by atoms with Gasteiger partial charge in [-0.2, -0.15) is 0 Å². The number of carbonyl (C=O) groups is 5. The molecular weight excluding hydrogens is 564 g/mol. The van der Waals surface area contributed by atoms with Crippen molar-refractivity contribution in [2.45, 2.75) is 25.8 Å². The van der Waals surface area contributed by atoms with E-state index in [1.54, 1.807) is 30.3 Å². The lowest BCUT2D eigenvalue weighted by atomic mass is 10.1. The van der Waals surface area contributed by atoms with Gasteiger partial charge in [0.25, 0.3) is 5.91 Å². The number of carboxylic acid groups (broad SMARTS) is 1. The fourth-order valence-electron chi connectivity index (χ4n) is 4.21. The normalized spacial score (nSPS) is 11.1. The molecular formula is C32H30N6O6. The first-order chi connectivity index (χ1) is 21.1. The van der Waals surface area contributed by atoms with Crippen molar-refractivity contribution < 1.29 is 29.1 Å². The molecule has 5 amide bonds. The number of carboxylic acids is 1. The summed E-state index contributed by atoms with van der Waals surface area (Å²) in [6.07, 6.45) is 1.00. The van der Waals surface area contributed by atoms with Crippen LogP contribution in [0.4, 0.5) is 21.9 Å². The van der Waals surface area contributed by atoms with Gasteiger partial charge in [-0.25, -0.2) is 4.79 Å². The topological polar surface area (TPSA) is 193 Å². The minimum absolute atomic E-state index is 0.0592. The van der Waals surface area contributed by atoms with Crippen LogP contribution < -0.4 is 27.0 Å². The number of aromatic nitrogens is 1. The van der Waals surface area contributed by atoms with E-state index in [9.17, 15) is 29.1 Å². The van der Waals surface area contributed by atoms with Gasteiger partial charge in [0.05, 0.1) is 36.5 Å². The Labute approximate surface area is 252 Å². The zero-order valence-corrected chi connectivity index (χ0v) is 23.7. The Morgan fingerprint density at radius 1 is 0.795 bits per heavy atom. The van der Waals surface area contributed by atoms with Crippen LogP contribution in [0.5, 0.6) is 0 Å². The third-order valence-electron chi connectivity index (χ3n) is 6.51. The fraction of sp³-hybridized carbons (Fsp3) is 0.125. The van der Waals surface area contributed by atoms with Crippen LogP contribution >= 0.6 is 0 Å². The highest BCUT2D eigenvalue weighted by atomic mass is 16.4. The smallest absolute Gasteiger partial charge is 0.323 e. The van der Waals surface area contributed by atoms with Crippen molar-refractivity contribution >= 4 is 46.8 Å². The Balaban J connectivity index is 1.31. The zero-order valence-electron chi connectivity index (χ0n) is 23.7. The number of anilines is 3. The summed E-state index contributed by atoms with van der Waals surface area (Å²) >= 11 is 0. The number of hydrogen-bond acceptors (Lipinski definition) is 6. The van der Waals surface area contributed by atoms with E-state index in [4.69, 9.17) is 5.73 Å². The van der Waals surface area contributed by atoms with Crippen LogP contribution in [0.1, 0.15) is 50.0 Å². The predicted molar refractivity (Wildman–Crippen MR) is 164 cm³/mol. The van der Waals surface area contributed by atoms with Crippen molar-refractivity contribution in [2.24, 2.45) is 5.73 Å². The van der Waals surface area contributed by atoms with Crippen molar-refractivity contribution in [1.82, 2.24) is 10.3 Å². The lowest BCUT2D eigenvalue weighted by Crippen LogP contribution is -2.31. The highest BCUT2D eigenvalue weighted by Gasteiger charge is 2.21. The highest BCUT2D eigenvalue weighted by Crippen LogP contribution is 2.19. The van der Waals surface area contributed by atoms with Crippen LogP contribution in [0.3, 0.4) is 0 Å². The van der Waals surface area contributed by atoms with Gasteiger partial charge in [0, 0.05) is 22.5 Å². The first-order valence-electron chi connectivity index (χ1n) is 13.5. The third-order valence-corrected chi connectivity index (χ3v) is 6.51. The largest absolute Gasteiger partial charge is 0.481 e. The summed E-state index contributed by atoms with van der Waals surface area (Å²) in [4.78, 5) is 64.6. The molecule has 3 aromatic carbocycles. The Morgan fingerprint density at radius 3 is 2.07 bits per heavy atom. The number of aliphatic carboxylic acids is 1. The monoisotopic (exact) mass is 594 g/mol. The number of carbonyl (C=O) groups excluding carboxylic acids is 4. The van der Waals surface area contributed by atoms with E-state index in [0.717, 1.165) is 5.56 Å². The first kappa shape index (κ1) is 30.9. The van der Waals surface area contributed by atoms with E-state index >= 15 is 0 Å². The molecule has 12 heteroatoms. The molecule has 0 fully saturated rings. The van der Waals surface area contributed by atoms with Gasteiger partial charge in [-0.15, -0.1) is 0 Å². The zero-order chi connectivity index (χ0) is 31.6. The van der Waals surface area contributed by atoms with Crippen molar-refractivity contribution in [3.8, 4) is 0 Å². The summed E-state index contributed by atoms with van der Waals surface area (Å²) < 4.78 is 0. The molecule has 1 unspecified atom stereocenters. The molecule has 0 aliphatic carbocycles. The molecule has 0 bridgehead atoms. The van der Waals surface area contributed by atoms with Gasteiger partial charge in [-0.3, -0.25) is 24.2 Å². The summed E-state index contributed by atoms with van der Waals surface area (Å²) in [6, 6.07) is 21.6. The number of para-hydroxylation sites is 1. The summed E-state index contributed by atoms with van der Waals surface area (Å²) in [7, 11) is 0. The number of pyridine rings is 1. The molecule has 4 rings (SSSR count). The molecule has 1 heterocycles. The Morgan fingerprint density at radius 2 is 1.45 bits per heavy atom. The van der Waals surface area contributed by atoms with Gasteiger partial charge in [-0.05, 0) is 72.6 Å². The van der Waals surface area contributed by atoms with Crippen LogP contribution in [0.25, 0.3) is 0 Å². The minimum Gasteiger partial charge on any atom is -0.481 e. The number of nitrogens with one attached hydrogen (secondary N) is 4. The summed E-state index contributed by atoms with van der Waals surface area (Å²) in [5.41, 5.74) is 9.24. The molecule has 1 aromatic heterocycles. The van der Waals surface area contributed by atoms with Gasteiger partial charge >= 0.3 is 12.0 Å². The van der Waals surface area contributed by atoms with E-state index in [-0.39, 0.29) is 35.2 Å². The summed E-state index contributed by atoms with van der Waals surface area (Å²) in [5.74, 6) is -2.65. The number of aryl methyl sites for hydroxylation is 1. The number of hydrogen-bond donors (Lipinski definition) is 6. The Kier molecular flexibility index (Phi) is 9.99. The molecule has 0 aliphatic heterocycles. The number of rotatable bonds is 11. The predicted octanol–water partition coefficient (Wildman–Crippen LogP) is 4.26. The maximum Gasteiger partial charge on any atom is 0.323 e. The van der Waals surface area contributed by atoms with E-state index < -0.39 is 30.2 Å². The second-order valence-corrected chi connectivity index (χ2v) is 9.85. The molecule has 0 radical (unpaired) electrons. The standard InChI is InChI=1S/C32H30N6O6/c1-19-4-2-3-5-25(19)38-32(44)36-23-12-6-20(7-13-23)16-28(39)35-24-14-15-26(34-18-24)27(17-29(40)41)37-31(43)22-10-8-21(9-11-22)30(33)42/h2-15,18,27H,16-17H2,1H3,(H2,33,42)(H,35,39)(H,37,43)(H,40,41)(H2,36,38,44). The molecule has 0 aliphatic rings. The highest BCUT2D eigenvalue weighted by molar-refractivity contribution is 6.00. The van der Waals surface area contributed by atoms with Gasteiger partial charge in [0.2, 0.25) is 11.8 Å². The van der Waals surface area contributed by atoms with Crippen LogP contribution in [0.2, 0.25) is 0 Å². The van der Waals surface area contributed by atoms with Crippen LogP contribution in [0, 0.1) is 6.92 Å². The molecule has 44 heavy (non-hydrogen) atoms. The number of nitrogens with two attached hydrogens (primary N) is 1. The fourth-order valence-corrected chi connectivity index (χ4v) is 4.21. The van der Waals surface area contributed by atoms with Crippen molar-refractivity contribution in [1.29, 1.82) is 0 Å². The lowest BCUT2D eigenvalue weighted by Gasteiger charge is -2.17. The molecule has 224 valence electrons. The van der Waals surface area contributed by atoms with Crippen LogP contribution in [-0.2, 0) is 16.0 Å². The molecule has 1 atom stereocenters. The second-order valence-electron chi connectivity index (χ2n) is 9.85. The van der Waals surface area contributed by atoms with E-state index in [0.29, 0.717) is 22.6 Å². The second kappa shape index (κ2) is 14.2. The average molecular weight is 595 g/mol. The molecule has 0 spiro atoms. The van der Waals surface area contributed by atoms with Gasteiger partial charge in [-0.1, -0.05) is 30.3 Å². The summed E-state index contributed by atoms with van der Waals surface area (Å²) in [5, 5.41) is 20.3. The first-order valence-corrected chi connectivity index (χ1v) is 13.5. The maximum absolute atomic E-state index is 12.7. The van der Waals surface area contributed by atoms with Gasteiger partial charge in [0.1, 0.15) is 0 Å². The number of benzene rings is 3. The average Bonchev–Trinajstić information content (AvgIpc) is 2.99. The summed E-state index contributed by atoms with van der Waals surface area (Å²) in [6.45, 7) is 1.90. The van der Waals surface area contributed by atoms with E-state index in [2.05, 4.69) is 26.3 Å². The number of primary amides is 1. The maximum atomic E-state index is 12.7. The van der Waals surface area contributed by atoms with Crippen molar-refractivity contribution in [2.75, 3.05) is 16.0 Å². The molecule has 0 saturated carbocycles. The van der Waals surface area contributed by atoms with Crippen molar-refractivity contribution in [3.63, 3.8) is 0 Å². The van der Waals surface area contributed by atoms with Gasteiger partial charge < -0.3 is 32.1 Å². The Hall–Kier alpha value is -6.04. The van der Waals surface area contributed by atoms with E-state index in [1.807, 2.05) is 31.2 Å².